The number of aryl methyl sites for hydroxylation is 1. The maximum Gasteiger partial charge on any atom is 0.410 e. The first-order valence-electron chi connectivity index (χ1n) is 5.52. The fourth-order valence-corrected chi connectivity index (χ4v) is 2.92. The first-order valence-corrected chi connectivity index (χ1v) is 8.88. The van der Waals surface area contributed by atoms with Gasteiger partial charge >= 0.3 is 5.82 Å². The van der Waals surface area contributed by atoms with Crippen LogP contribution in [0.4, 0.5) is 5.82 Å². The third-order valence-corrected chi connectivity index (χ3v) is 5.16. The summed E-state index contributed by atoms with van der Waals surface area (Å²) in [6.45, 7) is 1.54. The number of rotatable bonds is 7. The summed E-state index contributed by atoms with van der Waals surface area (Å²) in [4.78, 5) is 9.02. The molecule has 20 heavy (non-hydrogen) atoms. The quantitative estimate of drug-likeness (QED) is 0.511. The molecule has 0 saturated carbocycles. The highest BCUT2D eigenvalue weighted by Gasteiger charge is 2.28. The summed E-state index contributed by atoms with van der Waals surface area (Å²) in [7, 11) is -7.41. The number of primary sulfonamides is 1. The first kappa shape index (κ1) is 16.5. The zero-order chi connectivity index (χ0) is 15.6. The second-order valence-corrected chi connectivity index (χ2v) is 7.97. The van der Waals surface area contributed by atoms with Crippen LogP contribution in [0.25, 0.3) is 0 Å². The predicted molar refractivity (Wildman–Crippen MR) is 69.2 cm³/mol. The summed E-state index contributed by atoms with van der Waals surface area (Å²) in [5.41, 5.74) is 0. The van der Waals surface area contributed by atoms with Crippen molar-refractivity contribution in [1.82, 2.24) is 9.78 Å². The highest BCUT2D eigenvalue weighted by Crippen LogP contribution is 2.20. The van der Waals surface area contributed by atoms with Crippen LogP contribution in [0.15, 0.2) is 11.1 Å². The second-order valence-electron chi connectivity index (χ2n) is 3.97. The smallest absolute Gasteiger partial charge is 0.358 e. The van der Waals surface area contributed by atoms with Crippen molar-refractivity contribution in [2.45, 2.75) is 24.8 Å². The Morgan fingerprint density at radius 2 is 2.00 bits per heavy atom. The lowest BCUT2D eigenvalue weighted by Gasteiger charge is -1.99. The fraction of sp³-hybridized carbons (Fsp3) is 0.625. The molecule has 1 aromatic heterocycles. The molecule has 1 heterocycles. The van der Waals surface area contributed by atoms with E-state index in [1.165, 1.54) is 6.92 Å². The topological polar surface area (TPSA) is 155 Å². The average molecular weight is 326 g/mol. The number of sulfone groups is 1. The lowest BCUT2D eigenvalue weighted by molar-refractivity contribution is -0.392. The van der Waals surface area contributed by atoms with Gasteiger partial charge in [-0.2, -0.15) is 4.68 Å². The number of nitro groups is 1. The third-order valence-electron chi connectivity index (χ3n) is 2.47. The molecule has 0 radical (unpaired) electrons. The zero-order valence-electron chi connectivity index (χ0n) is 10.6. The molecule has 114 valence electrons. The highest BCUT2D eigenvalue weighted by atomic mass is 32.2. The van der Waals surface area contributed by atoms with Gasteiger partial charge in [0, 0.05) is 5.75 Å². The van der Waals surface area contributed by atoms with Crippen molar-refractivity contribution in [1.29, 1.82) is 0 Å². The standard InChI is InChI=1S/C8H14N4O6S2/c1-2-19(15,16)5-3-4-11-6-7(20(9,17)18)8(10-11)12(13)14/h6H,2-5H2,1H3,(H2,9,17,18). The Hall–Kier alpha value is -1.53. The Labute approximate surface area is 115 Å². The maximum atomic E-state index is 11.3. The van der Waals surface area contributed by atoms with Gasteiger partial charge in [0.1, 0.15) is 9.84 Å². The Balaban J connectivity index is 2.92. The van der Waals surface area contributed by atoms with Gasteiger partial charge < -0.3 is 10.1 Å². The van der Waals surface area contributed by atoms with Crippen LogP contribution in [0.2, 0.25) is 0 Å². The highest BCUT2D eigenvalue weighted by molar-refractivity contribution is 7.91. The van der Waals surface area contributed by atoms with Crippen LogP contribution in [-0.2, 0) is 26.4 Å². The number of nitrogens with zero attached hydrogens (tertiary/aromatic N) is 3. The zero-order valence-corrected chi connectivity index (χ0v) is 12.2. The van der Waals surface area contributed by atoms with Crippen molar-refractivity contribution in [2.75, 3.05) is 11.5 Å². The van der Waals surface area contributed by atoms with E-state index < -0.39 is 35.5 Å². The summed E-state index contributed by atoms with van der Waals surface area (Å²) < 4.78 is 45.9. The van der Waals surface area contributed by atoms with E-state index in [9.17, 15) is 26.9 Å². The van der Waals surface area contributed by atoms with Gasteiger partial charge in [-0.05, 0) is 11.3 Å². The molecule has 0 spiro atoms. The summed E-state index contributed by atoms with van der Waals surface area (Å²) >= 11 is 0. The Morgan fingerprint density at radius 3 is 2.40 bits per heavy atom. The van der Waals surface area contributed by atoms with Crippen molar-refractivity contribution < 1.29 is 21.8 Å². The fourth-order valence-electron chi connectivity index (χ4n) is 1.43. The largest absolute Gasteiger partial charge is 0.410 e. The molecule has 2 N–H and O–H groups in total. The molecule has 0 fully saturated rings. The van der Waals surface area contributed by atoms with Crippen molar-refractivity contribution in [3.8, 4) is 0 Å². The van der Waals surface area contributed by atoms with E-state index in [1.54, 1.807) is 0 Å². The molecule has 0 bridgehead atoms. The Morgan fingerprint density at radius 1 is 1.40 bits per heavy atom. The molecule has 0 amide bonds. The molecule has 0 saturated heterocycles. The molecular weight excluding hydrogens is 312 g/mol. The lowest BCUT2D eigenvalue weighted by atomic mass is 10.5. The van der Waals surface area contributed by atoms with Gasteiger partial charge in [-0.3, -0.25) is 0 Å². The number of hydrogen-bond acceptors (Lipinski definition) is 7. The van der Waals surface area contributed by atoms with E-state index in [-0.39, 0.29) is 24.5 Å². The van der Waals surface area contributed by atoms with E-state index in [4.69, 9.17) is 5.14 Å². The molecule has 0 aliphatic heterocycles. The van der Waals surface area contributed by atoms with Gasteiger partial charge in [0.05, 0.1) is 23.6 Å². The number of aromatic nitrogens is 2. The van der Waals surface area contributed by atoms with Gasteiger partial charge in [-0.15, -0.1) is 0 Å². The van der Waals surface area contributed by atoms with Crippen molar-refractivity contribution >= 4 is 25.7 Å². The predicted octanol–water partition coefficient (Wildman–Crippen LogP) is -0.736. The van der Waals surface area contributed by atoms with E-state index >= 15 is 0 Å². The van der Waals surface area contributed by atoms with Gasteiger partial charge in [-0.1, -0.05) is 6.92 Å². The van der Waals surface area contributed by atoms with Crippen LogP contribution >= 0.6 is 0 Å². The number of hydrogen-bond donors (Lipinski definition) is 1. The number of nitrogens with two attached hydrogens (primary N) is 1. The third kappa shape index (κ3) is 4.25. The molecule has 1 rings (SSSR count). The minimum absolute atomic E-state index is 0.00527. The second kappa shape index (κ2) is 5.85. The monoisotopic (exact) mass is 326 g/mol. The molecule has 0 aliphatic carbocycles. The molecule has 0 aliphatic rings. The van der Waals surface area contributed by atoms with E-state index in [1.807, 2.05) is 0 Å². The van der Waals surface area contributed by atoms with Crippen LogP contribution in [-0.4, -0.2) is 43.0 Å². The molecule has 12 heteroatoms. The average Bonchev–Trinajstić information content (AvgIpc) is 2.73. The van der Waals surface area contributed by atoms with Gasteiger partial charge in [0.15, 0.2) is 0 Å². The van der Waals surface area contributed by atoms with Gasteiger partial charge in [0.2, 0.25) is 14.9 Å². The van der Waals surface area contributed by atoms with Crippen molar-refractivity contribution in [3.05, 3.63) is 16.3 Å². The molecule has 10 nitrogen and oxygen atoms in total. The minimum Gasteiger partial charge on any atom is -0.358 e. The minimum atomic E-state index is -4.26. The van der Waals surface area contributed by atoms with Gasteiger partial charge in [0.25, 0.3) is 0 Å². The van der Waals surface area contributed by atoms with Crippen LogP contribution < -0.4 is 5.14 Å². The van der Waals surface area contributed by atoms with Crippen LogP contribution in [0, 0.1) is 10.1 Å². The van der Waals surface area contributed by atoms with E-state index in [0.29, 0.717) is 0 Å². The van der Waals surface area contributed by atoms with E-state index in [2.05, 4.69) is 5.10 Å². The van der Waals surface area contributed by atoms with Crippen LogP contribution in [0.1, 0.15) is 13.3 Å². The normalized spacial score (nSPS) is 12.5. The molecule has 0 aromatic carbocycles. The SMILES string of the molecule is CCS(=O)(=O)CCCn1cc(S(N)(=O)=O)c([N+](=O)[O-])n1. The molecular formula is C8H14N4O6S2. The van der Waals surface area contributed by atoms with Gasteiger partial charge in [-0.25, -0.2) is 22.0 Å². The summed E-state index contributed by atoms with van der Waals surface area (Å²) in [6, 6.07) is 0. The summed E-state index contributed by atoms with van der Waals surface area (Å²) in [5.74, 6) is -0.984. The first-order chi connectivity index (χ1) is 9.07. The molecule has 0 atom stereocenters. The van der Waals surface area contributed by atoms with Crippen molar-refractivity contribution in [2.24, 2.45) is 5.14 Å². The summed E-state index contributed by atoms with van der Waals surface area (Å²) in [5, 5.41) is 19.0. The van der Waals surface area contributed by atoms with Crippen LogP contribution in [0.3, 0.4) is 0 Å². The van der Waals surface area contributed by atoms with Crippen molar-refractivity contribution in [3.63, 3.8) is 0 Å². The number of sulfonamides is 1. The Bertz CT molecular complexity index is 705. The van der Waals surface area contributed by atoms with E-state index in [0.717, 1.165) is 10.9 Å². The lowest BCUT2D eigenvalue weighted by Crippen LogP contribution is -2.13. The van der Waals surface area contributed by atoms with Crippen LogP contribution in [0.5, 0.6) is 0 Å². The Kier molecular flexibility index (Phi) is 4.83. The summed E-state index contributed by atoms with van der Waals surface area (Å²) in [6.07, 6.45) is 1.09. The molecule has 1 aromatic rings. The molecule has 0 unspecified atom stereocenters. The maximum absolute atomic E-state index is 11.3.